The van der Waals surface area contributed by atoms with E-state index in [1.165, 1.54) is 122 Å². The fourth-order valence-electron chi connectivity index (χ4n) is 6.32. The van der Waals surface area contributed by atoms with Crippen LogP contribution < -0.4 is 5.32 Å². The van der Waals surface area contributed by atoms with E-state index in [1.54, 1.807) is 7.05 Å². The smallest absolute Gasteiger partial charge is 0.462 e. The standard InChI is InChI=1S/C48H88NO8P/c1-4-6-8-10-12-14-16-18-20-21-22-23-24-25-27-28-30-32-34-36-38-40-47(50)54-44-46(45-56-58(52,53)55-43-42-49-3)57-48(51)41-39-37-35-33-31-29-26-19-17-15-13-11-9-7-5-2/h13,15,18-20,26,31,33,46,49H,4-12,14,16-17,21-25,27-30,32,34-45H2,1-3H3,(H,52,53)/b15-13-,20-18-,26-19-,33-31-. The van der Waals surface area contributed by atoms with Crippen molar-refractivity contribution in [1.29, 1.82) is 0 Å². The number of esters is 2. The van der Waals surface area contributed by atoms with Gasteiger partial charge in [-0.05, 0) is 84.1 Å². The molecule has 58 heavy (non-hydrogen) atoms. The number of likely N-dealkylation sites (N-methyl/N-ethyl adjacent to an activating group) is 1. The average molecular weight is 838 g/mol. The number of nitrogens with one attached hydrogen (secondary N) is 1. The molecule has 338 valence electrons. The Kier molecular flexibility index (Phi) is 43.0. The van der Waals surface area contributed by atoms with Crippen LogP contribution in [0.2, 0.25) is 0 Å². The molecular weight excluding hydrogens is 750 g/mol. The third-order valence-corrected chi connectivity index (χ3v) is 10.9. The van der Waals surface area contributed by atoms with Crippen molar-refractivity contribution in [2.45, 2.75) is 213 Å². The van der Waals surface area contributed by atoms with Crippen molar-refractivity contribution in [3.63, 3.8) is 0 Å². The third-order valence-electron chi connectivity index (χ3n) is 9.92. The van der Waals surface area contributed by atoms with Gasteiger partial charge < -0.3 is 19.7 Å². The van der Waals surface area contributed by atoms with Gasteiger partial charge in [-0.1, -0.05) is 165 Å². The normalized spacial score (nSPS) is 13.7. The highest BCUT2D eigenvalue weighted by molar-refractivity contribution is 7.47. The van der Waals surface area contributed by atoms with Gasteiger partial charge in [-0.3, -0.25) is 18.6 Å². The van der Waals surface area contributed by atoms with Crippen molar-refractivity contribution in [3.8, 4) is 0 Å². The molecule has 0 spiro atoms. The van der Waals surface area contributed by atoms with E-state index in [2.05, 4.69) is 67.8 Å². The molecule has 0 amide bonds. The second-order valence-electron chi connectivity index (χ2n) is 15.6. The zero-order valence-electron chi connectivity index (χ0n) is 37.5. The molecule has 0 aromatic carbocycles. The predicted octanol–water partition coefficient (Wildman–Crippen LogP) is 13.8. The Bertz CT molecular complexity index is 1090. The summed E-state index contributed by atoms with van der Waals surface area (Å²) in [5.41, 5.74) is 0. The number of allylic oxidation sites excluding steroid dienone is 8. The average Bonchev–Trinajstić information content (AvgIpc) is 3.21. The highest BCUT2D eigenvalue weighted by Gasteiger charge is 2.26. The summed E-state index contributed by atoms with van der Waals surface area (Å²) in [5, 5.41) is 2.82. The monoisotopic (exact) mass is 838 g/mol. The van der Waals surface area contributed by atoms with E-state index in [0.717, 1.165) is 51.4 Å². The molecule has 0 aromatic heterocycles. The highest BCUT2D eigenvalue weighted by atomic mass is 31.2. The van der Waals surface area contributed by atoms with Gasteiger partial charge in [0, 0.05) is 19.4 Å². The number of ether oxygens (including phenoxy) is 2. The number of unbranched alkanes of at least 4 members (excludes halogenated alkanes) is 22. The molecule has 0 saturated heterocycles. The number of phosphoric ester groups is 1. The van der Waals surface area contributed by atoms with Gasteiger partial charge in [0.15, 0.2) is 6.10 Å². The molecular formula is C48H88NO8P. The van der Waals surface area contributed by atoms with Crippen molar-refractivity contribution >= 4 is 19.8 Å². The summed E-state index contributed by atoms with van der Waals surface area (Å²) in [4.78, 5) is 35.1. The van der Waals surface area contributed by atoms with Crippen LogP contribution >= 0.6 is 7.82 Å². The first-order chi connectivity index (χ1) is 28.3. The molecule has 0 rings (SSSR count). The summed E-state index contributed by atoms with van der Waals surface area (Å²) < 4.78 is 33.2. The number of carbonyl (C=O) groups excluding carboxylic acids is 2. The Morgan fingerprint density at radius 3 is 1.47 bits per heavy atom. The lowest BCUT2D eigenvalue weighted by Gasteiger charge is -2.20. The summed E-state index contributed by atoms with van der Waals surface area (Å²) in [6, 6.07) is 0. The Morgan fingerprint density at radius 1 is 0.534 bits per heavy atom. The molecule has 0 fully saturated rings. The highest BCUT2D eigenvalue weighted by Crippen LogP contribution is 2.43. The molecule has 0 aromatic rings. The molecule has 10 heteroatoms. The molecule has 0 aliphatic rings. The van der Waals surface area contributed by atoms with Crippen LogP contribution in [0.25, 0.3) is 0 Å². The fraction of sp³-hybridized carbons (Fsp3) is 0.792. The van der Waals surface area contributed by atoms with E-state index in [-0.39, 0.29) is 32.0 Å². The summed E-state index contributed by atoms with van der Waals surface area (Å²) in [6.45, 7) is 4.16. The van der Waals surface area contributed by atoms with Gasteiger partial charge in [-0.25, -0.2) is 4.57 Å². The lowest BCUT2D eigenvalue weighted by Crippen LogP contribution is -2.29. The maximum atomic E-state index is 12.6. The number of carbonyl (C=O) groups is 2. The van der Waals surface area contributed by atoms with Crippen LogP contribution in [0.1, 0.15) is 206 Å². The van der Waals surface area contributed by atoms with Gasteiger partial charge >= 0.3 is 19.8 Å². The quantitative estimate of drug-likeness (QED) is 0.0267. The zero-order chi connectivity index (χ0) is 42.5. The Balaban J connectivity index is 4.18. The van der Waals surface area contributed by atoms with Crippen LogP contribution in [-0.2, 0) is 32.7 Å². The van der Waals surface area contributed by atoms with Gasteiger partial charge in [-0.15, -0.1) is 0 Å². The minimum atomic E-state index is -4.36. The Hall–Kier alpha value is -2.03. The molecule has 2 N–H and O–H groups in total. The van der Waals surface area contributed by atoms with E-state index >= 15 is 0 Å². The second-order valence-corrected chi connectivity index (χ2v) is 17.0. The molecule has 0 heterocycles. The molecule has 0 aliphatic heterocycles. The van der Waals surface area contributed by atoms with Gasteiger partial charge in [0.1, 0.15) is 6.61 Å². The van der Waals surface area contributed by atoms with Crippen LogP contribution in [0.5, 0.6) is 0 Å². The van der Waals surface area contributed by atoms with E-state index in [4.69, 9.17) is 18.5 Å². The minimum Gasteiger partial charge on any atom is -0.462 e. The number of phosphoric acid groups is 1. The topological polar surface area (TPSA) is 120 Å². The largest absolute Gasteiger partial charge is 0.472 e. The molecule has 0 aliphatic carbocycles. The van der Waals surface area contributed by atoms with Crippen LogP contribution in [0.15, 0.2) is 48.6 Å². The summed E-state index contributed by atoms with van der Waals surface area (Å²) in [5.74, 6) is -0.850. The SMILES string of the molecule is CCCCC/C=C\C/C=C\C/C=C\CCCCC(=O)OC(COC(=O)CCCCCCCCCCCCC/C=C\CCCCCCCC)COP(=O)(O)OCCNC. The van der Waals surface area contributed by atoms with E-state index in [0.29, 0.717) is 13.0 Å². The van der Waals surface area contributed by atoms with Gasteiger partial charge in [0.05, 0.1) is 13.2 Å². The van der Waals surface area contributed by atoms with Crippen molar-refractivity contribution in [2.24, 2.45) is 0 Å². The first-order valence-corrected chi connectivity index (χ1v) is 25.1. The van der Waals surface area contributed by atoms with Crippen molar-refractivity contribution < 1.29 is 37.6 Å². The van der Waals surface area contributed by atoms with Crippen LogP contribution in [0.4, 0.5) is 0 Å². The van der Waals surface area contributed by atoms with Gasteiger partial charge in [0.2, 0.25) is 0 Å². The lowest BCUT2D eigenvalue weighted by molar-refractivity contribution is -0.161. The summed E-state index contributed by atoms with van der Waals surface area (Å²) >= 11 is 0. The second kappa shape index (κ2) is 44.5. The number of hydrogen-bond donors (Lipinski definition) is 2. The predicted molar refractivity (Wildman–Crippen MR) is 243 cm³/mol. The van der Waals surface area contributed by atoms with Crippen LogP contribution in [0.3, 0.4) is 0 Å². The Labute approximate surface area is 356 Å². The first kappa shape index (κ1) is 56.0. The first-order valence-electron chi connectivity index (χ1n) is 23.6. The van der Waals surface area contributed by atoms with Crippen LogP contribution in [0, 0.1) is 0 Å². The van der Waals surface area contributed by atoms with Gasteiger partial charge in [-0.2, -0.15) is 0 Å². The number of hydrogen-bond acceptors (Lipinski definition) is 8. The van der Waals surface area contributed by atoms with Gasteiger partial charge in [0.25, 0.3) is 0 Å². The fourth-order valence-corrected chi connectivity index (χ4v) is 7.07. The van der Waals surface area contributed by atoms with Crippen molar-refractivity contribution in [1.82, 2.24) is 5.32 Å². The Morgan fingerprint density at radius 2 is 0.931 bits per heavy atom. The van der Waals surface area contributed by atoms with E-state index in [1.807, 2.05) is 0 Å². The summed E-state index contributed by atoms with van der Waals surface area (Å²) in [7, 11) is -2.67. The maximum absolute atomic E-state index is 12.6. The van der Waals surface area contributed by atoms with Crippen LogP contribution in [-0.4, -0.2) is 56.3 Å². The summed E-state index contributed by atoms with van der Waals surface area (Å²) in [6.07, 6.45) is 50.2. The molecule has 0 saturated carbocycles. The van der Waals surface area contributed by atoms with E-state index < -0.39 is 26.5 Å². The molecule has 2 atom stereocenters. The van der Waals surface area contributed by atoms with E-state index in [9.17, 15) is 19.0 Å². The molecule has 0 radical (unpaired) electrons. The van der Waals surface area contributed by atoms with Crippen molar-refractivity contribution in [3.05, 3.63) is 48.6 Å². The molecule has 0 bridgehead atoms. The third kappa shape index (κ3) is 43.5. The zero-order valence-corrected chi connectivity index (χ0v) is 38.4. The maximum Gasteiger partial charge on any atom is 0.472 e. The lowest BCUT2D eigenvalue weighted by atomic mass is 10.0. The minimum absolute atomic E-state index is 0.0251. The molecule has 2 unspecified atom stereocenters. The molecule has 9 nitrogen and oxygen atoms in total. The number of rotatable bonds is 44. The van der Waals surface area contributed by atoms with Crippen molar-refractivity contribution in [2.75, 3.05) is 33.4 Å².